The number of fused-ring (bicyclic) bond motifs is 1. The highest BCUT2D eigenvalue weighted by Gasteiger charge is 2.30. The summed E-state index contributed by atoms with van der Waals surface area (Å²) >= 11 is 11.6. The third-order valence-electron chi connectivity index (χ3n) is 5.82. The van der Waals surface area contributed by atoms with Gasteiger partial charge in [0.1, 0.15) is 32.5 Å². The minimum Gasteiger partial charge on any atom is -0.505 e. The second-order valence-electron chi connectivity index (χ2n) is 8.95. The van der Waals surface area contributed by atoms with E-state index in [9.17, 15) is 64.9 Å². The van der Waals surface area contributed by atoms with Gasteiger partial charge >= 0.3 is 15.2 Å². The van der Waals surface area contributed by atoms with Crippen LogP contribution in [0.2, 0.25) is 10.0 Å². The van der Waals surface area contributed by atoms with Gasteiger partial charge in [0, 0.05) is 10.0 Å². The first kappa shape index (κ1) is 35.5. The molecule has 46 heavy (non-hydrogen) atoms. The number of benzene rings is 4. The molecule has 24 heteroatoms. The molecule has 0 bridgehead atoms. The van der Waals surface area contributed by atoms with Crippen LogP contribution in [0.1, 0.15) is 0 Å². The largest absolute Gasteiger partial charge is 0.505 e. The van der Waals surface area contributed by atoms with E-state index in [0.29, 0.717) is 12.1 Å². The smallest absolute Gasteiger partial charge is 0.358 e. The van der Waals surface area contributed by atoms with Gasteiger partial charge in [-0.15, -0.1) is 20.5 Å². The van der Waals surface area contributed by atoms with E-state index < -0.39 is 101 Å². The number of nitrogens with zero attached hydrogens (tertiary/aromatic N) is 4. The number of rotatable bonds is 8. The number of azo groups is 2. The summed E-state index contributed by atoms with van der Waals surface area (Å²) in [5, 5.41) is 32.9. The van der Waals surface area contributed by atoms with Gasteiger partial charge in [-0.05, 0) is 53.9 Å². The Labute approximate surface area is 267 Å². The Kier molecular flexibility index (Phi) is 9.52. The third kappa shape index (κ3) is 7.44. The van der Waals surface area contributed by atoms with Crippen molar-refractivity contribution in [3.05, 3.63) is 58.6 Å². The zero-order chi connectivity index (χ0) is 34.6. The van der Waals surface area contributed by atoms with Crippen LogP contribution in [0.5, 0.6) is 11.5 Å². The molecule has 4 aromatic carbocycles. The summed E-state index contributed by atoms with van der Waals surface area (Å²) in [4.78, 5) is 36.0. The van der Waals surface area contributed by atoms with E-state index in [0.717, 1.165) is 36.4 Å². The molecule has 0 spiro atoms. The average molecular weight is 757 g/mol. The number of hydrogen-bond acceptors (Lipinski definition) is 12. The van der Waals surface area contributed by atoms with Crippen LogP contribution in [0.3, 0.4) is 0 Å². The van der Waals surface area contributed by atoms with Crippen molar-refractivity contribution in [3.8, 4) is 11.5 Å². The molecular weight excluding hydrogens is 741 g/mol. The Morgan fingerprint density at radius 2 is 0.935 bits per heavy atom. The summed E-state index contributed by atoms with van der Waals surface area (Å²) in [5.41, 5.74) is -3.38. The Balaban J connectivity index is 2.06. The van der Waals surface area contributed by atoms with Gasteiger partial charge in [0.15, 0.2) is 11.5 Å². The van der Waals surface area contributed by atoms with Crippen LogP contribution < -0.4 is 10.6 Å². The summed E-state index contributed by atoms with van der Waals surface area (Å²) < 4.78 is 92.4. The Hall–Kier alpha value is -3.36. The maximum atomic E-state index is 12.2. The lowest BCUT2D eigenvalue weighted by molar-refractivity contribution is 0.385. The molecule has 0 saturated heterocycles. The monoisotopic (exact) mass is 756 g/mol. The highest BCUT2D eigenvalue weighted by molar-refractivity contribution is 7.86. The van der Waals surface area contributed by atoms with Crippen molar-refractivity contribution >= 4 is 103 Å². The number of phenols is 2. The van der Waals surface area contributed by atoms with Crippen molar-refractivity contribution in [3.63, 3.8) is 0 Å². The van der Waals surface area contributed by atoms with Gasteiger partial charge in [-0.1, -0.05) is 23.2 Å². The van der Waals surface area contributed by atoms with Crippen LogP contribution in [-0.4, -0.2) is 55.7 Å². The molecular formula is C22H16Cl2N4O14P2S2. The maximum Gasteiger partial charge on any atom is 0.358 e. The molecule has 244 valence electrons. The third-order valence-corrected chi connectivity index (χ3v) is 10.0. The molecule has 0 amide bonds. The molecule has 18 nitrogen and oxygen atoms in total. The van der Waals surface area contributed by atoms with Crippen LogP contribution >= 0.6 is 38.4 Å². The molecule has 0 radical (unpaired) electrons. The van der Waals surface area contributed by atoms with Crippen molar-refractivity contribution in [1.29, 1.82) is 0 Å². The molecule has 4 rings (SSSR count). The summed E-state index contributed by atoms with van der Waals surface area (Å²) in [5.74, 6) is -2.61. The lowest BCUT2D eigenvalue weighted by Crippen LogP contribution is -2.04. The highest BCUT2D eigenvalue weighted by atomic mass is 35.5. The number of aromatic hydroxyl groups is 2. The summed E-state index contributed by atoms with van der Waals surface area (Å²) in [6, 6.07) is 6.90. The topological polar surface area (TPSA) is 314 Å². The molecule has 0 aliphatic rings. The van der Waals surface area contributed by atoms with Crippen molar-refractivity contribution in [2.75, 3.05) is 0 Å². The van der Waals surface area contributed by atoms with Crippen LogP contribution in [0, 0.1) is 0 Å². The van der Waals surface area contributed by atoms with Gasteiger partial charge in [-0.25, -0.2) is 0 Å². The van der Waals surface area contributed by atoms with E-state index >= 15 is 0 Å². The zero-order valence-electron chi connectivity index (χ0n) is 21.9. The summed E-state index contributed by atoms with van der Waals surface area (Å²) in [6.07, 6.45) is 0. The predicted molar refractivity (Wildman–Crippen MR) is 162 cm³/mol. The second-order valence-corrected chi connectivity index (χ2v) is 15.7. The standard InChI is InChI=1S/C22H16Cl2N4O14P2S2/c23-10-1-3-12(14(7-10)43(31,32)33)25-27-19-16(45(37,38)39)5-9-6-17(46(40,41)42)20(22(30)18(9)21(19)29)28-26-13-4-2-11(24)8-15(13)44(34,35)36/h1-8,29-30H,(H2,31,32,33)(H2,34,35,36)(H,37,38,39)(H,40,41,42). The molecule has 0 fully saturated rings. The molecule has 0 saturated carbocycles. The van der Waals surface area contributed by atoms with Gasteiger partial charge in [0.2, 0.25) is 0 Å². The molecule has 0 heterocycles. The van der Waals surface area contributed by atoms with E-state index in [1.54, 1.807) is 0 Å². The summed E-state index contributed by atoms with van der Waals surface area (Å²) in [6.45, 7) is 0. The van der Waals surface area contributed by atoms with Crippen LogP contribution in [0.4, 0.5) is 22.7 Å². The molecule has 0 unspecified atom stereocenters. The average Bonchev–Trinajstić information content (AvgIpc) is 2.90. The fourth-order valence-corrected chi connectivity index (χ4v) is 7.15. The van der Waals surface area contributed by atoms with E-state index in [1.165, 1.54) is 0 Å². The Bertz CT molecular complexity index is 2170. The van der Waals surface area contributed by atoms with Crippen molar-refractivity contribution in [2.45, 2.75) is 9.79 Å². The van der Waals surface area contributed by atoms with Gasteiger partial charge in [0.05, 0.1) is 16.0 Å². The lowest BCUT2D eigenvalue weighted by atomic mass is 10.1. The minimum absolute atomic E-state index is 0.128. The Morgan fingerprint density at radius 1 is 0.587 bits per heavy atom. The quantitative estimate of drug-likeness (QED) is 0.0698. The SMILES string of the molecule is O=P(O)(O)c1cc(Cl)ccc1N=Nc1c(S(=O)(=O)O)cc2cc(S(=O)(=O)O)c(N=Nc3ccc(Cl)cc3P(=O)(O)O)c(O)c2c1O. The molecule has 4 aromatic rings. The summed E-state index contributed by atoms with van der Waals surface area (Å²) in [7, 11) is -20.8. The minimum atomic E-state index is -5.35. The van der Waals surface area contributed by atoms with Crippen molar-refractivity contribution in [1.82, 2.24) is 0 Å². The highest BCUT2D eigenvalue weighted by Crippen LogP contribution is 2.50. The van der Waals surface area contributed by atoms with Gasteiger partial charge in [-0.3, -0.25) is 18.2 Å². The van der Waals surface area contributed by atoms with Crippen LogP contribution in [-0.2, 0) is 29.4 Å². The molecule has 0 atom stereocenters. The van der Waals surface area contributed by atoms with Gasteiger partial charge in [-0.2, -0.15) is 16.8 Å². The maximum absolute atomic E-state index is 12.2. The fourth-order valence-electron chi connectivity index (χ4n) is 3.88. The molecule has 0 aromatic heterocycles. The van der Waals surface area contributed by atoms with Crippen molar-refractivity contribution in [2.24, 2.45) is 20.5 Å². The van der Waals surface area contributed by atoms with Crippen LogP contribution in [0.25, 0.3) is 10.8 Å². The van der Waals surface area contributed by atoms with Crippen molar-refractivity contribution < 1.29 is 64.9 Å². The number of hydrogen-bond donors (Lipinski definition) is 8. The fraction of sp³-hybridized carbons (Fsp3) is 0. The van der Waals surface area contributed by atoms with E-state index in [2.05, 4.69) is 20.5 Å². The van der Waals surface area contributed by atoms with E-state index in [4.69, 9.17) is 23.2 Å². The molecule has 0 aliphatic heterocycles. The second kappa shape index (κ2) is 12.3. The number of halogens is 2. The zero-order valence-corrected chi connectivity index (χ0v) is 26.8. The Morgan fingerprint density at radius 3 is 1.24 bits per heavy atom. The normalized spacial score (nSPS) is 13.3. The predicted octanol–water partition coefficient (Wildman–Crippen LogP) is 4.49. The first-order valence-electron chi connectivity index (χ1n) is 11.6. The first-order valence-corrected chi connectivity index (χ1v) is 18.4. The lowest BCUT2D eigenvalue weighted by Gasteiger charge is -2.13. The molecule has 0 aliphatic carbocycles. The van der Waals surface area contributed by atoms with Gasteiger partial charge in [0.25, 0.3) is 20.2 Å². The van der Waals surface area contributed by atoms with Crippen LogP contribution in [0.15, 0.2) is 78.8 Å². The van der Waals surface area contributed by atoms with E-state index in [-0.39, 0.29) is 10.0 Å². The molecule has 8 N–H and O–H groups in total. The first-order chi connectivity index (χ1) is 21.0. The number of phenolic OH excluding ortho intramolecular Hbond substituents is 2. The van der Waals surface area contributed by atoms with Gasteiger partial charge < -0.3 is 29.8 Å². The van der Waals surface area contributed by atoms with E-state index in [1.807, 2.05) is 0 Å².